The average Bonchev–Trinajstić information content (AvgIpc) is 3.32. The van der Waals surface area contributed by atoms with Crippen LogP contribution in [0.1, 0.15) is 23.5 Å². The first-order valence-electron chi connectivity index (χ1n) is 9.28. The van der Waals surface area contributed by atoms with Crippen LogP contribution < -0.4 is 10.2 Å². The van der Waals surface area contributed by atoms with Gasteiger partial charge in [-0.2, -0.15) is 0 Å². The highest BCUT2D eigenvalue weighted by Gasteiger charge is 2.28. The number of halogens is 1. The van der Waals surface area contributed by atoms with Crippen LogP contribution in [0.15, 0.2) is 48.5 Å². The van der Waals surface area contributed by atoms with Crippen LogP contribution in [-0.4, -0.2) is 43.0 Å². The third-order valence-corrected chi connectivity index (χ3v) is 5.35. The normalized spacial score (nSPS) is 19.4. The number of anilines is 1. The van der Waals surface area contributed by atoms with Crippen molar-refractivity contribution in [2.75, 3.05) is 31.1 Å². The Hall–Kier alpha value is -2.89. The van der Waals surface area contributed by atoms with E-state index in [-0.39, 0.29) is 23.7 Å². The fourth-order valence-electron chi connectivity index (χ4n) is 3.84. The van der Waals surface area contributed by atoms with E-state index in [0.717, 1.165) is 17.7 Å². The molecule has 1 atom stereocenters. The summed E-state index contributed by atoms with van der Waals surface area (Å²) < 4.78 is 14.0. The molecule has 2 aromatic carbocycles. The molecule has 1 N–H and O–H groups in total. The monoisotopic (exact) mass is 367 g/mol. The van der Waals surface area contributed by atoms with Gasteiger partial charge in [0.15, 0.2) is 0 Å². The van der Waals surface area contributed by atoms with Gasteiger partial charge < -0.3 is 10.2 Å². The maximum atomic E-state index is 14.0. The van der Waals surface area contributed by atoms with E-state index in [4.69, 9.17) is 0 Å². The average molecular weight is 367 g/mol. The number of amides is 3. The summed E-state index contributed by atoms with van der Waals surface area (Å²) in [6.07, 6.45) is 1.10. The minimum Gasteiger partial charge on any atom is -0.342 e. The number of nitrogens with zero attached hydrogens (tertiary/aromatic N) is 2. The third-order valence-electron chi connectivity index (χ3n) is 5.35. The second kappa shape index (κ2) is 7.39. The standard InChI is InChI=1S/C21H22FN3O2/c22-19-4-2-1-3-18(19)16-9-11-24(14-16)20(26)13-15-5-7-17(8-6-15)25-12-10-23-21(25)27/h1-8,16H,9-14H2,(H,23,27). The molecule has 0 aliphatic carbocycles. The van der Waals surface area contributed by atoms with E-state index in [1.54, 1.807) is 17.0 Å². The Labute approximate surface area is 157 Å². The van der Waals surface area contributed by atoms with Gasteiger partial charge >= 0.3 is 6.03 Å². The zero-order valence-electron chi connectivity index (χ0n) is 15.0. The molecule has 2 aliphatic heterocycles. The van der Waals surface area contributed by atoms with Gasteiger partial charge in [-0.3, -0.25) is 9.69 Å². The van der Waals surface area contributed by atoms with Gasteiger partial charge in [0, 0.05) is 37.8 Å². The van der Waals surface area contributed by atoms with Gasteiger partial charge in [-0.1, -0.05) is 30.3 Å². The highest BCUT2D eigenvalue weighted by atomic mass is 19.1. The number of nitrogens with one attached hydrogen (secondary N) is 1. The smallest absolute Gasteiger partial charge is 0.321 e. The van der Waals surface area contributed by atoms with Gasteiger partial charge in [0.1, 0.15) is 5.82 Å². The van der Waals surface area contributed by atoms with Gasteiger partial charge in [0.05, 0.1) is 6.42 Å². The largest absolute Gasteiger partial charge is 0.342 e. The lowest BCUT2D eigenvalue weighted by Gasteiger charge is -2.18. The zero-order chi connectivity index (χ0) is 18.8. The fourth-order valence-corrected chi connectivity index (χ4v) is 3.84. The maximum absolute atomic E-state index is 14.0. The van der Waals surface area contributed by atoms with E-state index >= 15 is 0 Å². The minimum absolute atomic E-state index is 0.0560. The Bertz CT molecular complexity index is 853. The van der Waals surface area contributed by atoms with Crippen LogP contribution in [0.3, 0.4) is 0 Å². The molecule has 1 unspecified atom stereocenters. The number of hydrogen-bond acceptors (Lipinski definition) is 2. The van der Waals surface area contributed by atoms with Gasteiger partial charge in [-0.05, 0) is 35.7 Å². The number of urea groups is 1. The van der Waals surface area contributed by atoms with Gasteiger partial charge in [-0.15, -0.1) is 0 Å². The molecule has 0 radical (unpaired) electrons. The summed E-state index contributed by atoms with van der Waals surface area (Å²) in [6.45, 7) is 2.52. The topological polar surface area (TPSA) is 52.7 Å². The number of benzene rings is 2. The number of carbonyl (C=O) groups is 2. The van der Waals surface area contributed by atoms with E-state index < -0.39 is 0 Å². The van der Waals surface area contributed by atoms with Crippen LogP contribution in [0.25, 0.3) is 0 Å². The van der Waals surface area contributed by atoms with Crippen molar-refractivity contribution in [2.24, 2.45) is 0 Å². The summed E-state index contributed by atoms with van der Waals surface area (Å²) in [5.74, 6) is -0.0787. The molecular formula is C21H22FN3O2. The molecule has 6 heteroatoms. The minimum atomic E-state index is -0.196. The predicted molar refractivity (Wildman–Crippen MR) is 101 cm³/mol. The Morgan fingerprint density at radius 3 is 2.59 bits per heavy atom. The molecule has 140 valence electrons. The second-order valence-electron chi connectivity index (χ2n) is 7.07. The highest BCUT2D eigenvalue weighted by molar-refractivity contribution is 5.94. The van der Waals surface area contributed by atoms with E-state index in [0.29, 0.717) is 38.2 Å². The van der Waals surface area contributed by atoms with Crippen molar-refractivity contribution in [2.45, 2.75) is 18.8 Å². The van der Waals surface area contributed by atoms with Crippen molar-refractivity contribution in [3.8, 4) is 0 Å². The van der Waals surface area contributed by atoms with Crippen molar-refractivity contribution in [1.29, 1.82) is 0 Å². The van der Waals surface area contributed by atoms with E-state index in [1.807, 2.05) is 35.2 Å². The number of carbonyl (C=O) groups excluding carboxylic acids is 2. The van der Waals surface area contributed by atoms with E-state index in [2.05, 4.69) is 5.32 Å². The van der Waals surface area contributed by atoms with E-state index in [9.17, 15) is 14.0 Å². The van der Waals surface area contributed by atoms with Crippen molar-refractivity contribution in [3.05, 3.63) is 65.5 Å². The first-order chi connectivity index (χ1) is 13.1. The molecule has 27 heavy (non-hydrogen) atoms. The van der Waals surface area contributed by atoms with Gasteiger partial charge in [0.25, 0.3) is 0 Å². The molecule has 0 spiro atoms. The first-order valence-corrected chi connectivity index (χ1v) is 9.28. The Morgan fingerprint density at radius 2 is 1.89 bits per heavy atom. The van der Waals surface area contributed by atoms with Crippen LogP contribution >= 0.6 is 0 Å². The summed E-state index contributed by atoms with van der Waals surface area (Å²) in [7, 11) is 0. The van der Waals surface area contributed by atoms with Crippen molar-refractivity contribution < 1.29 is 14.0 Å². The van der Waals surface area contributed by atoms with Gasteiger partial charge in [-0.25, -0.2) is 9.18 Å². The van der Waals surface area contributed by atoms with Crippen LogP contribution in [-0.2, 0) is 11.2 Å². The lowest BCUT2D eigenvalue weighted by atomic mass is 9.98. The molecule has 2 aromatic rings. The number of rotatable bonds is 4. The molecule has 2 heterocycles. The summed E-state index contributed by atoms with van der Waals surface area (Å²) in [5.41, 5.74) is 2.45. The summed E-state index contributed by atoms with van der Waals surface area (Å²) in [4.78, 5) is 27.8. The van der Waals surface area contributed by atoms with Crippen LogP contribution in [0.4, 0.5) is 14.9 Å². The number of likely N-dealkylation sites (tertiary alicyclic amines) is 1. The highest BCUT2D eigenvalue weighted by Crippen LogP contribution is 2.29. The Kier molecular flexibility index (Phi) is 4.79. The molecule has 0 bridgehead atoms. The Balaban J connectivity index is 1.37. The van der Waals surface area contributed by atoms with Crippen LogP contribution in [0.5, 0.6) is 0 Å². The third kappa shape index (κ3) is 3.65. The maximum Gasteiger partial charge on any atom is 0.321 e. The van der Waals surface area contributed by atoms with Crippen LogP contribution in [0.2, 0.25) is 0 Å². The van der Waals surface area contributed by atoms with Crippen LogP contribution in [0, 0.1) is 5.82 Å². The van der Waals surface area contributed by atoms with Crippen molar-refractivity contribution >= 4 is 17.6 Å². The first kappa shape index (κ1) is 17.5. The molecule has 2 fully saturated rings. The van der Waals surface area contributed by atoms with E-state index in [1.165, 1.54) is 6.07 Å². The van der Waals surface area contributed by atoms with Crippen molar-refractivity contribution in [3.63, 3.8) is 0 Å². The lowest BCUT2D eigenvalue weighted by Crippen LogP contribution is -2.30. The summed E-state index contributed by atoms with van der Waals surface area (Å²) in [6, 6.07) is 14.3. The zero-order valence-corrected chi connectivity index (χ0v) is 15.0. The quantitative estimate of drug-likeness (QED) is 0.903. The second-order valence-corrected chi connectivity index (χ2v) is 7.07. The van der Waals surface area contributed by atoms with Crippen molar-refractivity contribution in [1.82, 2.24) is 10.2 Å². The molecule has 4 rings (SSSR count). The summed E-state index contributed by atoms with van der Waals surface area (Å²) >= 11 is 0. The molecule has 0 saturated carbocycles. The summed E-state index contributed by atoms with van der Waals surface area (Å²) in [5, 5.41) is 2.77. The molecule has 2 saturated heterocycles. The SMILES string of the molecule is O=C(Cc1ccc(N2CCNC2=O)cc1)N1CCC(c2ccccc2F)C1. The number of hydrogen-bond donors (Lipinski definition) is 1. The lowest BCUT2D eigenvalue weighted by molar-refractivity contribution is -0.129. The molecular weight excluding hydrogens is 345 g/mol. The molecule has 2 aliphatic rings. The van der Waals surface area contributed by atoms with Gasteiger partial charge in [0.2, 0.25) is 5.91 Å². The predicted octanol–water partition coefficient (Wildman–Crippen LogP) is 2.91. The molecule has 5 nitrogen and oxygen atoms in total. The molecule has 3 amide bonds. The molecule has 0 aromatic heterocycles. The fraction of sp³-hybridized carbons (Fsp3) is 0.333. The Morgan fingerprint density at radius 1 is 1.11 bits per heavy atom.